The lowest BCUT2D eigenvalue weighted by Gasteiger charge is -2.23. The second-order valence-electron chi connectivity index (χ2n) is 5.74. The Hall–Kier alpha value is -1.81. The van der Waals surface area contributed by atoms with Crippen molar-refractivity contribution in [3.8, 4) is 0 Å². The van der Waals surface area contributed by atoms with E-state index >= 15 is 0 Å². The molecule has 0 radical (unpaired) electrons. The Morgan fingerprint density at radius 3 is 2.59 bits per heavy atom. The fourth-order valence-electron chi connectivity index (χ4n) is 2.23. The van der Waals surface area contributed by atoms with Gasteiger partial charge in [0.1, 0.15) is 0 Å². The molecule has 1 aromatic rings. The minimum absolute atomic E-state index is 0.115. The number of hydrogen-bond acceptors (Lipinski definition) is 3. The highest BCUT2D eigenvalue weighted by Crippen LogP contribution is 2.20. The van der Waals surface area contributed by atoms with Crippen molar-refractivity contribution in [1.82, 2.24) is 10.2 Å². The van der Waals surface area contributed by atoms with Gasteiger partial charge in [-0.05, 0) is 45.5 Å². The van der Waals surface area contributed by atoms with Crippen molar-refractivity contribution in [2.24, 2.45) is 0 Å². The molecular weight excluding hydrogens is 274 g/mol. The third-order valence-electron chi connectivity index (χ3n) is 3.88. The Morgan fingerprint density at radius 1 is 1.32 bits per heavy atom. The molecule has 122 valence electrons. The zero-order valence-corrected chi connectivity index (χ0v) is 14.4. The first-order valence-electron chi connectivity index (χ1n) is 7.81. The van der Waals surface area contributed by atoms with Gasteiger partial charge in [-0.25, -0.2) is 0 Å². The summed E-state index contributed by atoms with van der Waals surface area (Å²) in [6, 6.07) is 8.33. The lowest BCUT2D eigenvalue weighted by Crippen LogP contribution is -2.27. The third kappa shape index (κ3) is 5.53. The predicted octanol–water partition coefficient (Wildman–Crippen LogP) is 2.67. The van der Waals surface area contributed by atoms with Gasteiger partial charge in [-0.15, -0.1) is 0 Å². The average Bonchev–Trinajstić information content (AvgIpc) is 2.51. The van der Waals surface area contributed by atoms with E-state index in [4.69, 9.17) is 0 Å². The van der Waals surface area contributed by atoms with Crippen LogP contribution >= 0.6 is 0 Å². The van der Waals surface area contributed by atoms with Gasteiger partial charge in [0.15, 0.2) is 0 Å². The van der Waals surface area contributed by atoms with Gasteiger partial charge >= 0.3 is 0 Å². The van der Waals surface area contributed by atoms with Gasteiger partial charge in [-0.1, -0.05) is 29.8 Å². The van der Waals surface area contributed by atoms with Gasteiger partial charge in [0.25, 0.3) is 0 Å². The van der Waals surface area contributed by atoms with E-state index in [-0.39, 0.29) is 11.9 Å². The van der Waals surface area contributed by atoms with Crippen LogP contribution in [0.5, 0.6) is 0 Å². The zero-order chi connectivity index (χ0) is 16.5. The quantitative estimate of drug-likeness (QED) is 0.726. The maximum absolute atomic E-state index is 12.0. The third-order valence-corrected chi connectivity index (χ3v) is 3.88. The summed E-state index contributed by atoms with van der Waals surface area (Å²) in [6.07, 6.45) is 3.56. The van der Waals surface area contributed by atoms with E-state index in [0.717, 1.165) is 24.2 Å². The van der Waals surface area contributed by atoms with Crippen LogP contribution in [0.2, 0.25) is 0 Å². The number of nitrogens with zero attached hydrogens (tertiary/aromatic N) is 1. The van der Waals surface area contributed by atoms with Crippen LogP contribution in [0, 0.1) is 0 Å². The molecule has 2 N–H and O–H groups in total. The number of amides is 1. The van der Waals surface area contributed by atoms with Crippen LogP contribution in [0.4, 0.5) is 5.69 Å². The van der Waals surface area contributed by atoms with Crippen LogP contribution in [0.15, 0.2) is 35.9 Å². The second-order valence-corrected chi connectivity index (χ2v) is 5.74. The van der Waals surface area contributed by atoms with Crippen molar-refractivity contribution in [3.63, 3.8) is 0 Å². The first-order chi connectivity index (χ1) is 10.5. The number of likely N-dealkylation sites (N-methyl/N-ethyl adjacent to an activating group) is 1. The molecule has 22 heavy (non-hydrogen) atoms. The molecule has 1 rings (SSSR count). The van der Waals surface area contributed by atoms with E-state index < -0.39 is 0 Å². The summed E-state index contributed by atoms with van der Waals surface area (Å²) in [5.74, 6) is 0.115. The molecular formula is C18H29N3O. The monoisotopic (exact) mass is 303 g/mol. The molecule has 1 unspecified atom stereocenters. The highest BCUT2D eigenvalue weighted by molar-refractivity contribution is 5.80. The summed E-state index contributed by atoms with van der Waals surface area (Å²) < 4.78 is 0. The molecule has 4 heteroatoms. The molecule has 1 atom stereocenters. The Labute approximate surface area is 134 Å². The van der Waals surface area contributed by atoms with E-state index in [9.17, 15) is 4.79 Å². The zero-order valence-electron chi connectivity index (χ0n) is 14.4. The summed E-state index contributed by atoms with van der Waals surface area (Å²) in [4.78, 5) is 13.6. The summed E-state index contributed by atoms with van der Waals surface area (Å²) in [5, 5.41) is 6.80. The molecule has 1 amide bonds. The van der Waals surface area contributed by atoms with E-state index in [2.05, 4.69) is 30.6 Å². The number of para-hydroxylation sites is 1. The fourth-order valence-corrected chi connectivity index (χ4v) is 2.23. The van der Waals surface area contributed by atoms with Crippen molar-refractivity contribution < 1.29 is 4.79 Å². The lowest BCUT2D eigenvalue weighted by atomic mass is 10.0. The summed E-state index contributed by atoms with van der Waals surface area (Å²) >= 11 is 0. The first-order valence-corrected chi connectivity index (χ1v) is 7.81. The van der Waals surface area contributed by atoms with E-state index in [1.807, 2.05) is 31.3 Å². The number of allylic oxidation sites excluding steroid dienone is 1. The number of benzene rings is 1. The fraction of sp³-hybridized carbons (Fsp3) is 0.500. The number of carbonyl (C=O) groups is 1. The smallest absolute Gasteiger partial charge is 0.226 e. The molecule has 0 bridgehead atoms. The molecule has 0 heterocycles. The molecule has 0 aliphatic heterocycles. The molecule has 0 saturated heterocycles. The van der Waals surface area contributed by atoms with Gasteiger partial charge in [0.05, 0.1) is 6.42 Å². The number of anilines is 1. The Balaban J connectivity index is 2.92. The molecule has 0 saturated carbocycles. The minimum atomic E-state index is 0.115. The van der Waals surface area contributed by atoms with Crippen molar-refractivity contribution in [3.05, 3.63) is 41.5 Å². The van der Waals surface area contributed by atoms with Gasteiger partial charge in [-0.3, -0.25) is 4.79 Å². The molecule has 1 aromatic carbocycles. The molecule has 0 aromatic heterocycles. The highest BCUT2D eigenvalue weighted by Gasteiger charge is 2.14. The molecule has 4 nitrogen and oxygen atoms in total. The standard InChI is InChI=1S/C18H29N3O/c1-6-14(2)16(11-12-19-3)20-17-10-8-7-9-15(17)13-18(22)21(4)5/h6-10,16,19-20H,11-13H2,1-5H3/b14-6+. The number of nitrogens with one attached hydrogen (secondary N) is 2. The van der Waals surface area contributed by atoms with Crippen LogP contribution in [-0.4, -0.2) is 44.5 Å². The van der Waals surface area contributed by atoms with Crippen molar-refractivity contribution >= 4 is 11.6 Å². The van der Waals surface area contributed by atoms with Crippen LogP contribution in [0.25, 0.3) is 0 Å². The SMILES string of the molecule is C/C=C(\C)C(CCNC)Nc1ccccc1CC(=O)N(C)C. The van der Waals surface area contributed by atoms with Crippen molar-refractivity contribution in [2.75, 3.05) is 33.0 Å². The van der Waals surface area contributed by atoms with Gasteiger partial charge in [-0.2, -0.15) is 0 Å². The highest BCUT2D eigenvalue weighted by atomic mass is 16.2. The van der Waals surface area contributed by atoms with E-state index in [1.165, 1.54) is 5.57 Å². The molecule has 0 aliphatic rings. The van der Waals surface area contributed by atoms with Crippen LogP contribution in [-0.2, 0) is 11.2 Å². The van der Waals surface area contributed by atoms with Crippen LogP contribution in [0.3, 0.4) is 0 Å². The topological polar surface area (TPSA) is 44.4 Å². The Morgan fingerprint density at radius 2 is 2.00 bits per heavy atom. The normalized spacial score (nSPS) is 12.9. The van der Waals surface area contributed by atoms with Gasteiger partial charge < -0.3 is 15.5 Å². The number of carbonyl (C=O) groups excluding carboxylic acids is 1. The van der Waals surface area contributed by atoms with E-state index in [0.29, 0.717) is 6.42 Å². The van der Waals surface area contributed by atoms with Crippen LogP contribution < -0.4 is 10.6 Å². The number of rotatable bonds is 8. The first kappa shape index (κ1) is 18.2. The Kier molecular flexibility index (Phi) is 7.67. The summed E-state index contributed by atoms with van der Waals surface area (Å²) in [7, 11) is 5.54. The predicted molar refractivity (Wildman–Crippen MR) is 94.2 cm³/mol. The van der Waals surface area contributed by atoms with Crippen LogP contribution in [0.1, 0.15) is 25.8 Å². The molecule has 0 fully saturated rings. The number of hydrogen-bond donors (Lipinski definition) is 2. The summed E-state index contributed by atoms with van der Waals surface area (Å²) in [5.41, 5.74) is 3.39. The maximum atomic E-state index is 12.0. The Bertz CT molecular complexity index is 509. The minimum Gasteiger partial charge on any atom is -0.378 e. The van der Waals surface area contributed by atoms with Gasteiger partial charge in [0.2, 0.25) is 5.91 Å². The van der Waals surface area contributed by atoms with E-state index in [1.54, 1.807) is 19.0 Å². The molecule has 0 aliphatic carbocycles. The molecule has 0 spiro atoms. The van der Waals surface area contributed by atoms with Gasteiger partial charge in [0, 0.05) is 25.8 Å². The maximum Gasteiger partial charge on any atom is 0.226 e. The average molecular weight is 303 g/mol. The largest absolute Gasteiger partial charge is 0.378 e. The van der Waals surface area contributed by atoms with Crippen molar-refractivity contribution in [1.29, 1.82) is 0 Å². The van der Waals surface area contributed by atoms with Crippen molar-refractivity contribution in [2.45, 2.75) is 32.7 Å². The lowest BCUT2D eigenvalue weighted by molar-refractivity contribution is -0.127. The second kappa shape index (κ2) is 9.26. The summed E-state index contributed by atoms with van der Waals surface area (Å²) in [6.45, 7) is 5.15.